The summed E-state index contributed by atoms with van der Waals surface area (Å²) in [7, 11) is 0. The molecule has 5 nitrogen and oxygen atoms in total. The zero-order chi connectivity index (χ0) is 19.6. The molecule has 3 heterocycles. The first-order valence-electron chi connectivity index (χ1n) is 10.5. The molecule has 0 spiro atoms. The van der Waals surface area contributed by atoms with Crippen molar-refractivity contribution in [3.05, 3.63) is 46.5 Å². The van der Waals surface area contributed by atoms with Crippen LogP contribution in [0.5, 0.6) is 0 Å². The predicted molar refractivity (Wildman–Crippen MR) is 131 cm³/mol. The first-order chi connectivity index (χ1) is 13.8. The van der Waals surface area contributed by atoms with Crippen molar-refractivity contribution in [3.8, 4) is 0 Å². The van der Waals surface area contributed by atoms with Gasteiger partial charge in [-0.05, 0) is 42.3 Å². The fraction of sp³-hybridized carbons (Fsp3) is 0.591. The first-order valence-corrected chi connectivity index (χ1v) is 11.4. The minimum absolute atomic E-state index is 0. The van der Waals surface area contributed by atoms with Gasteiger partial charge >= 0.3 is 0 Å². The van der Waals surface area contributed by atoms with E-state index in [-0.39, 0.29) is 24.0 Å². The monoisotopic (exact) mass is 531 g/mol. The fourth-order valence-corrected chi connectivity index (χ4v) is 4.39. The molecule has 0 aromatic carbocycles. The van der Waals surface area contributed by atoms with Gasteiger partial charge in [0, 0.05) is 30.5 Å². The summed E-state index contributed by atoms with van der Waals surface area (Å²) < 4.78 is 11.5. The molecule has 1 aliphatic rings. The van der Waals surface area contributed by atoms with E-state index in [4.69, 9.17) is 14.1 Å². The van der Waals surface area contributed by atoms with Crippen LogP contribution < -0.4 is 10.6 Å². The smallest absolute Gasteiger partial charge is 0.191 e. The van der Waals surface area contributed by atoms with Crippen LogP contribution in [0.2, 0.25) is 0 Å². The number of thiophene rings is 1. The van der Waals surface area contributed by atoms with E-state index in [1.807, 2.05) is 12.1 Å². The maximum atomic E-state index is 6.07. The van der Waals surface area contributed by atoms with Gasteiger partial charge in [0.05, 0.1) is 18.9 Å². The van der Waals surface area contributed by atoms with E-state index in [1.54, 1.807) is 17.6 Å². The number of hydrogen-bond acceptors (Lipinski definition) is 4. The van der Waals surface area contributed by atoms with E-state index < -0.39 is 0 Å². The number of nitrogens with zero attached hydrogens (tertiary/aromatic N) is 1. The minimum atomic E-state index is 0. The van der Waals surface area contributed by atoms with Crippen molar-refractivity contribution in [1.29, 1.82) is 0 Å². The molecule has 2 unspecified atom stereocenters. The van der Waals surface area contributed by atoms with Crippen molar-refractivity contribution in [1.82, 2.24) is 10.6 Å². The molecule has 0 aliphatic carbocycles. The average molecular weight is 532 g/mol. The lowest BCUT2D eigenvalue weighted by Gasteiger charge is -2.35. The van der Waals surface area contributed by atoms with Gasteiger partial charge in [-0.2, -0.15) is 0 Å². The molecule has 2 atom stereocenters. The van der Waals surface area contributed by atoms with Crippen LogP contribution in [0.1, 0.15) is 50.2 Å². The highest BCUT2D eigenvalue weighted by atomic mass is 127. The van der Waals surface area contributed by atoms with Crippen LogP contribution in [0.4, 0.5) is 0 Å². The maximum absolute atomic E-state index is 6.07. The largest absolute Gasteiger partial charge is 0.469 e. The van der Waals surface area contributed by atoms with Gasteiger partial charge in [-0.25, -0.2) is 4.99 Å². The minimum Gasteiger partial charge on any atom is -0.469 e. The SMILES string of the molecule is CCC(CC)C1CC(NC(=NCc2cccs2)NCCc2ccco2)CCO1.I. The third-order valence-electron chi connectivity index (χ3n) is 5.45. The molecular weight excluding hydrogens is 497 g/mol. The number of rotatable bonds is 9. The quantitative estimate of drug-likeness (QED) is 0.265. The second-order valence-corrected chi connectivity index (χ2v) is 8.38. The highest BCUT2D eigenvalue weighted by Gasteiger charge is 2.28. The summed E-state index contributed by atoms with van der Waals surface area (Å²) in [5.41, 5.74) is 0. The van der Waals surface area contributed by atoms with Gasteiger partial charge in [-0.3, -0.25) is 0 Å². The summed E-state index contributed by atoms with van der Waals surface area (Å²) in [5.74, 6) is 2.52. The number of halogens is 1. The molecule has 0 amide bonds. The standard InChI is InChI=1S/C22H33N3O2S.HI/c1-3-17(4-2)21-15-18(10-13-27-21)25-22(24-16-20-8-6-14-28-20)23-11-9-19-7-5-12-26-19;/h5-8,12,14,17-18,21H,3-4,9-11,13,15-16H2,1-2H3,(H2,23,24,25);1H. The second-order valence-electron chi connectivity index (χ2n) is 7.35. The topological polar surface area (TPSA) is 58.8 Å². The molecule has 2 aromatic heterocycles. The maximum Gasteiger partial charge on any atom is 0.191 e. The lowest BCUT2D eigenvalue weighted by atomic mass is 9.89. The van der Waals surface area contributed by atoms with E-state index in [0.29, 0.717) is 24.6 Å². The van der Waals surface area contributed by atoms with Gasteiger partial charge in [-0.1, -0.05) is 32.8 Å². The van der Waals surface area contributed by atoms with Crippen molar-refractivity contribution < 1.29 is 9.15 Å². The number of aliphatic imine (C=N–C) groups is 1. The summed E-state index contributed by atoms with van der Waals surface area (Å²) in [6.07, 6.45) is 7.33. The average Bonchev–Trinajstić information content (AvgIpc) is 3.41. The Bertz CT molecular complexity index is 687. The lowest BCUT2D eigenvalue weighted by Crippen LogP contribution is -2.48. The zero-order valence-electron chi connectivity index (χ0n) is 17.4. The molecule has 7 heteroatoms. The third-order valence-corrected chi connectivity index (χ3v) is 6.31. The van der Waals surface area contributed by atoms with Crippen LogP contribution in [-0.2, 0) is 17.7 Å². The van der Waals surface area contributed by atoms with Gasteiger partial charge < -0.3 is 19.8 Å². The number of hydrogen-bond donors (Lipinski definition) is 2. The van der Waals surface area contributed by atoms with Gasteiger partial charge in [0.25, 0.3) is 0 Å². The molecule has 29 heavy (non-hydrogen) atoms. The van der Waals surface area contributed by atoms with Crippen molar-refractivity contribution in [3.63, 3.8) is 0 Å². The Morgan fingerprint density at radius 3 is 2.83 bits per heavy atom. The second kappa shape index (κ2) is 13.3. The van der Waals surface area contributed by atoms with Crippen LogP contribution in [0, 0.1) is 5.92 Å². The highest BCUT2D eigenvalue weighted by molar-refractivity contribution is 14.0. The van der Waals surface area contributed by atoms with Crippen LogP contribution in [-0.4, -0.2) is 31.3 Å². The molecule has 1 saturated heterocycles. The molecule has 3 rings (SSSR count). The van der Waals surface area contributed by atoms with E-state index >= 15 is 0 Å². The highest BCUT2D eigenvalue weighted by Crippen LogP contribution is 2.25. The number of guanidine groups is 1. The number of ether oxygens (including phenoxy) is 1. The Morgan fingerprint density at radius 2 is 2.14 bits per heavy atom. The summed E-state index contributed by atoms with van der Waals surface area (Å²) in [4.78, 5) is 6.09. The molecule has 0 bridgehead atoms. The molecule has 2 N–H and O–H groups in total. The molecule has 162 valence electrons. The molecular formula is C22H34IN3O2S. The Kier molecular flexibility index (Phi) is 11.1. The third kappa shape index (κ3) is 7.94. The zero-order valence-corrected chi connectivity index (χ0v) is 20.6. The van der Waals surface area contributed by atoms with Crippen LogP contribution in [0.3, 0.4) is 0 Å². The summed E-state index contributed by atoms with van der Waals surface area (Å²) in [6.45, 7) is 6.84. The van der Waals surface area contributed by atoms with Crippen LogP contribution in [0.25, 0.3) is 0 Å². The number of nitrogens with one attached hydrogen (secondary N) is 2. The van der Waals surface area contributed by atoms with Crippen LogP contribution >= 0.6 is 35.3 Å². The van der Waals surface area contributed by atoms with Gasteiger partial charge in [0.2, 0.25) is 0 Å². The Labute approximate surface area is 195 Å². The van der Waals surface area contributed by atoms with Crippen molar-refractivity contribution in [2.75, 3.05) is 13.2 Å². The molecule has 2 aromatic rings. The van der Waals surface area contributed by atoms with Gasteiger partial charge in [0.1, 0.15) is 5.76 Å². The normalized spacial score (nSPS) is 19.8. The summed E-state index contributed by atoms with van der Waals surface area (Å²) in [5, 5.41) is 9.25. The van der Waals surface area contributed by atoms with Crippen molar-refractivity contribution >= 4 is 41.3 Å². The van der Waals surface area contributed by atoms with E-state index in [0.717, 1.165) is 44.1 Å². The lowest BCUT2D eigenvalue weighted by molar-refractivity contribution is -0.0324. The predicted octanol–water partition coefficient (Wildman–Crippen LogP) is 5.22. The first kappa shape index (κ1) is 24.2. The molecule has 0 saturated carbocycles. The Morgan fingerprint density at radius 1 is 1.28 bits per heavy atom. The van der Waals surface area contributed by atoms with Crippen molar-refractivity contribution in [2.24, 2.45) is 10.9 Å². The van der Waals surface area contributed by atoms with E-state index in [2.05, 4.69) is 42.0 Å². The summed E-state index contributed by atoms with van der Waals surface area (Å²) >= 11 is 1.75. The molecule has 1 aliphatic heterocycles. The fourth-order valence-electron chi connectivity index (χ4n) is 3.77. The molecule has 0 radical (unpaired) electrons. The van der Waals surface area contributed by atoms with Crippen LogP contribution in [0.15, 0.2) is 45.3 Å². The van der Waals surface area contributed by atoms with Gasteiger partial charge in [-0.15, -0.1) is 35.3 Å². The Balaban J connectivity index is 0.00000300. The van der Waals surface area contributed by atoms with Gasteiger partial charge in [0.15, 0.2) is 5.96 Å². The van der Waals surface area contributed by atoms with E-state index in [1.165, 1.54) is 17.7 Å². The van der Waals surface area contributed by atoms with E-state index in [9.17, 15) is 0 Å². The Hall–Kier alpha value is -1.06. The van der Waals surface area contributed by atoms with Crippen molar-refractivity contribution in [2.45, 2.75) is 64.6 Å². The molecule has 1 fully saturated rings. The summed E-state index contributed by atoms with van der Waals surface area (Å²) in [6, 6.07) is 8.55. The number of furan rings is 1.